The van der Waals surface area contributed by atoms with Gasteiger partial charge in [0.25, 0.3) is 5.91 Å². The van der Waals surface area contributed by atoms with Gasteiger partial charge in [0.2, 0.25) is 0 Å². The van der Waals surface area contributed by atoms with Crippen LogP contribution in [0.2, 0.25) is 5.02 Å². The van der Waals surface area contributed by atoms with Crippen molar-refractivity contribution in [1.29, 1.82) is 0 Å². The molecule has 24 heavy (non-hydrogen) atoms. The van der Waals surface area contributed by atoms with E-state index in [0.717, 1.165) is 16.6 Å². The van der Waals surface area contributed by atoms with E-state index < -0.39 is 0 Å². The lowest BCUT2D eigenvalue weighted by atomic mass is 10.1. The van der Waals surface area contributed by atoms with E-state index in [4.69, 9.17) is 16.3 Å². The fourth-order valence-corrected chi connectivity index (χ4v) is 3.06. The number of carbonyl (C=O) groups excluding carboxylic acids is 1. The highest BCUT2D eigenvalue weighted by Crippen LogP contribution is 2.30. The number of fused-ring (bicyclic) bond motifs is 1. The second-order valence-electron chi connectivity index (χ2n) is 5.54. The summed E-state index contributed by atoms with van der Waals surface area (Å²) >= 11 is 6.33. The molecule has 0 aliphatic carbocycles. The van der Waals surface area contributed by atoms with E-state index in [2.05, 4.69) is 10.1 Å². The van der Waals surface area contributed by atoms with Crippen LogP contribution in [0.25, 0.3) is 16.6 Å². The summed E-state index contributed by atoms with van der Waals surface area (Å²) in [5.74, 6) is -0.102. The summed E-state index contributed by atoms with van der Waals surface area (Å²) in [6.07, 6.45) is 5.16. The van der Waals surface area contributed by atoms with Gasteiger partial charge in [-0.3, -0.25) is 9.78 Å². The van der Waals surface area contributed by atoms with Gasteiger partial charge in [-0.25, -0.2) is 4.52 Å². The number of aromatic nitrogens is 3. The van der Waals surface area contributed by atoms with Gasteiger partial charge in [-0.05, 0) is 24.3 Å². The first-order valence-electron chi connectivity index (χ1n) is 7.69. The molecule has 4 rings (SSSR count). The van der Waals surface area contributed by atoms with Crippen LogP contribution in [0, 0.1) is 0 Å². The van der Waals surface area contributed by atoms with Crippen molar-refractivity contribution >= 4 is 23.0 Å². The SMILES string of the molecule is O=C(c1cc(-c2cnccc2Cl)c2cccn2n1)N1CCOCC1. The highest BCUT2D eigenvalue weighted by molar-refractivity contribution is 6.33. The molecule has 0 bridgehead atoms. The Balaban J connectivity index is 1.83. The van der Waals surface area contributed by atoms with Gasteiger partial charge in [0.1, 0.15) is 5.69 Å². The molecule has 3 aromatic heterocycles. The van der Waals surface area contributed by atoms with Crippen LogP contribution in [0.1, 0.15) is 10.5 Å². The second-order valence-corrected chi connectivity index (χ2v) is 5.95. The van der Waals surface area contributed by atoms with Gasteiger partial charge in [0.15, 0.2) is 0 Å². The third kappa shape index (κ3) is 2.64. The Morgan fingerprint density at radius 1 is 1.21 bits per heavy atom. The lowest BCUT2D eigenvalue weighted by molar-refractivity contribution is 0.0298. The van der Waals surface area contributed by atoms with Crippen LogP contribution in [0.3, 0.4) is 0 Å². The lowest BCUT2D eigenvalue weighted by Gasteiger charge is -2.26. The van der Waals surface area contributed by atoms with Crippen molar-refractivity contribution in [3.8, 4) is 11.1 Å². The van der Waals surface area contributed by atoms with Crippen LogP contribution in [0.15, 0.2) is 42.9 Å². The monoisotopic (exact) mass is 342 g/mol. The summed E-state index contributed by atoms with van der Waals surface area (Å²) < 4.78 is 7.01. The van der Waals surface area contributed by atoms with Gasteiger partial charge in [-0.1, -0.05) is 11.6 Å². The molecule has 0 radical (unpaired) electrons. The van der Waals surface area contributed by atoms with Gasteiger partial charge < -0.3 is 9.64 Å². The molecule has 1 saturated heterocycles. The minimum atomic E-state index is -0.102. The number of hydrogen-bond acceptors (Lipinski definition) is 4. The van der Waals surface area contributed by atoms with Crippen molar-refractivity contribution in [2.75, 3.05) is 26.3 Å². The topological polar surface area (TPSA) is 59.7 Å². The smallest absolute Gasteiger partial charge is 0.274 e. The number of morpholine rings is 1. The Labute approximate surface area is 143 Å². The fourth-order valence-electron chi connectivity index (χ4n) is 2.85. The Morgan fingerprint density at radius 2 is 2.04 bits per heavy atom. The van der Waals surface area contributed by atoms with Crippen LogP contribution < -0.4 is 0 Å². The summed E-state index contributed by atoms with van der Waals surface area (Å²) in [6.45, 7) is 2.26. The molecule has 1 fully saturated rings. The van der Waals surface area contributed by atoms with Crippen molar-refractivity contribution in [3.05, 3.63) is 53.6 Å². The second kappa shape index (κ2) is 6.22. The zero-order chi connectivity index (χ0) is 16.5. The predicted molar refractivity (Wildman–Crippen MR) is 90.2 cm³/mol. The van der Waals surface area contributed by atoms with Crippen LogP contribution in [-0.4, -0.2) is 51.7 Å². The van der Waals surface area contributed by atoms with Gasteiger partial charge in [0.05, 0.1) is 23.8 Å². The molecular formula is C17H15ClN4O2. The summed E-state index contributed by atoms with van der Waals surface area (Å²) in [5.41, 5.74) is 2.88. The highest BCUT2D eigenvalue weighted by Gasteiger charge is 2.22. The van der Waals surface area contributed by atoms with E-state index >= 15 is 0 Å². The Kier molecular flexibility index (Phi) is 3.92. The summed E-state index contributed by atoms with van der Waals surface area (Å²) in [6, 6.07) is 7.35. The molecule has 1 aliphatic heterocycles. The van der Waals surface area contributed by atoms with E-state index in [9.17, 15) is 4.79 Å². The maximum absolute atomic E-state index is 12.8. The lowest BCUT2D eigenvalue weighted by Crippen LogP contribution is -2.41. The van der Waals surface area contributed by atoms with Crippen molar-refractivity contribution in [2.24, 2.45) is 0 Å². The largest absolute Gasteiger partial charge is 0.378 e. The standard InChI is InChI=1S/C17H15ClN4O2/c18-14-3-4-19-11-13(14)12-10-15(20-22-5-1-2-16(12)22)17(23)21-6-8-24-9-7-21/h1-5,10-11H,6-9H2. The number of carbonyl (C=O) groups is 1. The molecule has 1 amide bonds. The third-order valence-corrected chi connectivity index (χ3v) is 4.41. The minimum absolute atomic E-state index is 0.102. The number of pyridine rings is 1. The number of ether oxygens (including phenoxy) is 1. The number of nitrogens with zero attached hydrogens (tertiary/aromatic N) is 4. The van der Waals surface area contributed by atoms with Crippen molar-refractivity contribution < 1.29 is 9.53 Å². The van der Waals surface area contributed by atoms with Gasteiger partial charge >= 0.3 is 0 Å². The first kappa shape index (κ1) is 15.1. The van der Waals surface area contributed by atoms with Crippen LogP contribution >= 0.6 is 11.6 Å². The van der Waals surface area contributed by atoms with E-state index in [1.165, 1.54) is 0 Å². The molecule has 0 spiro atoms. The van der Waals surface area contributed by atoms with Gasteiger partial charge in [-0.15, -0.1) is 0 Å². The molecule has 6 nitrogen and oxygen atoms in total. The molecule has 0 N–H and O–H groups in total. The molecule has 0 atom stereocenters. The van der Waals surface area contributed by atoms with Crippen LogP contribution in [0.4, 0.5) is 0 Å². The number of halogens is 1. The molecule has 0 saturated carbocycles. The van der Waals surface area contributed by atoms with E-state index in [1.807, 2.05) is 18.3 Å². The Hall–Kier alpha value is -2.44. The Bertz CT molecular complexity index is 902. The maximum Gasteiger partial charge on any atom is 0.274 e. The summed E-state index contributed by atoms with van der Waals surface area (Å²) in [5, 5.41) is 5.03. The van der Waals surface area contributed by atoms with Gasteiger partial charge in [-0.2, -0.15) is 5.10 Å². The fraction of sp³-hybridized carbons (Fsp3) is 0.235. The quantitative estimate of drug-likeness (QED) is 0.718. The first-order valence-corrected chi connectivity index (χ1v) is 8.07. The van der Waals surface area contributed by atoms with Gasteiger partial charge in [0, 0.05) is 42.8 Å². The predicted octanol–water partition coefficient (Wildman–Crippen LogP) is 2.52. The van der Waals surface area contributed by atoms with Crippen molar-refractivity contribution in [3.63, 3.8) is 0 Å². The normalized spacial score (nSPS) is 15.0. The number of rotatable bonds is 2. The molecule has 0 unspecified atom stereocenters. The summed E-state index contributed by atoms with van der Waals surface area (Å²) in [4.78, 5) is 18.7. The molecule has 0 aromatic carbocycles. The molecule has 4 heterocycles. The van der Waals surface area contributed by atoms with Crippen LogP contribution in [0.5, 0.6) is 0 Å². The highest BCUT2D eigenvalue weighted by atomic mass is 35.5. The first-order chi connectivity index (χ1) is 11.7. The molecule has 1 aliphatic rings. The zero-order valence-electron chi connectivity index (χ0n) is 12.9. The average Bonchev–Trinajstić information content (AvgIpc) is 3.10. The molecule has 122 valence electrons. The third-order valence-electron chi connectivity index (χ3n) is 4.08. The maximum atomic E-state index is 12.8. The van der Waals surface area contributed by atoms with Crippen LogP contribution in [-0.2, 0) is 4.74 Å². The number of amides is 1. The molecule has 3 aromatic rings. The average molecular weight is 343 g/mol. The zero-order valence-corrected chi connectivity index (χ0v) is 13.6. The minimum Gasteiger partial charge on any atom is -0.378 e. The number of hydrogen-bond donors (Lipinski definition) is 0. The molecular weight excluding hydrogens is 328 g/mol. The van der Waals surface area contributed by atoms with E-state index in [0.29, 0.717) is 37.0 Å². The van der Waals surface area contributed by atoms with E-state index in [1.54, 1.807) is 33.9 Å². The van der Waals surface area contributed by atoms with Crippen molar-refractivity contribution in [1.82, 2.24) is 19.5 Å². The molecule has 7 heteroatoms. The van der Waals surface area contributed by atoms with Crippen molar-refractivity contribution in [2.45, 2.75) is 0 Å². The summed E-state index contributed by atoms with van der Waals surface area (Å²) in [7, 11) is 0. The van der Waals surface area contributed by atoms with E-state index in [-0.39, 0.29) is 5.91 Å². The Morgan fingerprint density at radius 3 is 2.83 bits per heavy atom.